The number of hydrogen-bond donors (Lipinski definition) is 0. The van der Waals surface area contributed by atoms with Gasteiger partial charge in [-0.2, -0.15) is 0 Å². The van der Waals surface area contributed by atoms with Crippen LogP contribution in [0.4, 0.5) is 0 Å². The van der Waals surface area contributed by atoms with E-state index in [1.54, 1.807) is 0 Å². The molecule has 0 bridgehead atoms. The quantitative estimate of drug-likeness (QED) is 0.662. The maximum Gasteiger partial charge on any atom is 0.191 e. The van der Waals surface area contributed by atoms with E-state index in [1.165, 1.54) is 0 Å². The van der Waals surface area contributed by atoms with Crippen LogP contribution < -0.4 is 0 Å². The molecule has 6 heteroatoms. The molecule has 0 atom stereocenters. The second-order valence-electron chi connectivity index (χ2n) is 2.07. The molecule has 0 aliphatic heterocycles. The van der Waals surface area contributed by atoms with Crippen LogP contribution in [0.15, 0.2) is 24.0 Å². The van der Waals surface area contributed by atoms with Gasteiger partial charge in [0.2, 0.25) is 0 Å². The standard InChI is InChI=1S/C4H6O2S.C2H6O2S/c1-3-7(5,6)4-2;1-5(2,3)4/h3-4H,1-2H2;1-2H3. The van der Waals surface area contributed by atoms with Gasteiger partial charge in [0.25, 0.3) is 0 Å². The van der Waals surface area contributed by atoms with Gasteiger partial charge in [0.05, 0.1) is 0 Å². The number of hydrogen-bond acceptors (Lipinski definition) is 4. The Kier molecular flexibility index (Phi) is 5.92. The summed E-state index contributed by atoms with van der Waals surface area (Å²) in [6.45, 7) is 6.09. The summed E-state index contributed by atoms with van der Waals surface area (Å²) in [6.07, 6.45) is 2.32. The van der Waals surface area contributed by atoms with Crippen molar-refractivity contribution in [3.05, 3.63) is 24.0 Å². The van der Waals surface area contributed by atoms with Crippen molar-refractivity contribution in [1.29, 1.82) is 0 Å². The van der Waals surface area contributed by atoms with Crippen LogP contribution in [0.2, 0.25) is 0 Å². The Labute approximate surface area is 73.4 Å². The van der Waals surface area contributed by atoms with E-state index in [1.807, 2.05) is 0 Å². The molecule has 0 saturated carbocycles. The molecule has 0 aromatic heterocycles. The van der Waals surface area contributed by atoms with E-state index in [4.69, 9.17) is 0 Å². The van der Waals surface area contributed by atoms with Crippen molar-refractivity contribution in [3.63, 3.8) is 0 Å². The lowest BCUT2D eigenvalue weighted by Gasteiger charge is -1.78. The molecule has 0 aliphatic carbocycles. The molecule has 72 valence electrons. The highest BCUT2D eigenvalue weighted by Gasteiger charge is 1.90. The van der Waals surface area contributed by atoms with E-state index >= 15 is 0 Å². The lowest BCUT2D eigenvalue weighted by atomic mass is 11.3. The predicted molar refractivity (Wildman–Crippen MR) is 50.1 cm³/mol. The molecule has 0 N–H and O–H groups in total. The lowest BCUT2D eigenvalue weighted by Crippen LogP contribution is -1.86. The molecule has 0 fully saturated rings. The Hall–Kier alpha value is -0.620. The van der Waals surface area contributed by atoms with Gasteiger partial charge in [-0.05, 0) is 0 Å². The monoisotopic (exact) mass is 212 g/mol. The summed E-state index contributed by atoms with van der Waals surface area (Å²) in [5, 5.41) is 1.69. The van der Waals surface area contributed by atoms with E-state index in [0.29, 0.717) is 0 Å². The van der Waals surface area contributed by atoms with Gasteiger partial charge < -0.3 is 0 Å². The first-order valence-corrected chi connectivity index (χ1v) is 6.68. The molecule has 0 spiro atoms. The summed E-state index contributed by atoms with van der Waals surface area (Å²) in [4.78, 5) is 0. The number of sulfone groups is 2. The second kappa shape index (κ2) is 5.10. The summed E-state index contributed by atoms with van der Waals surface area (Å²) >= 11 is 0. The van der Waals surface area contributed by atoms with Crippen LogP contribution in [-0.2, 0) is 19.7 Å². The first-order valence-electron chi connectivity index (χ1n) is 2.77. The van der Waals surface area contributed by atoms with Crippen molar-refractivity contribution < 1.29 is 16.8 Å². The molecule has 0 aromatic rings. The van der Waals surface area contributed by atoms with E-state index < -0.39 is 19.7 Å². The molecule has 0 amide bonds. The highest BCUT2D eigenvalue weighted by Crippen LogP contribution is 1.87. The van der Waals surface area contributed by atoms with Crippen LogP contribution in [0.5, 0.6) is 0 Å². The molecule has 0 radical (unpaired) electrons. The third-order valence-electron chi connectivity index (χ3n) is 0.465. The van der Waals surface area contributed by atoms with E-state index in [0.717, 1.165) is 23.3 Å². The average molecular weight is 212 g/mol. The maximum atomic E-state index is 10.1. The minimum absolute atomic E-state index is 0.847. The van der Waals surface area contributed by atoms with Gasteiger partial charge in [-0.15, -0.1) is 0 Å². The maximum absolute atomic E-state index is 10.1. The fraction of sp³-hybridized carbons (Fsp3) is 0.333. The molecule has 0 unspecified atom stereocenters. The smallest absolute Gasteiger partial charge is 0.191 e. The summed E-state index contributed by atoms with van der Waals surface area (Å²) in [5.74, 6) is 0. The fourth-order valence-corrected chi connectivity index (χ4v) is 0.204. The fourth-order valence-electron chi connectivity index (χ4n) is 0.0680. The van der Waals surface area contributed by atoms with Gasteiger partial charge in [-0.1, -0.05) is 13.2 Å². The highest BCUT2D eigenvalue weighted by atomic mass is 32.2. The molecule has 0 heterocycles. The van der Waals surface area contributed by atoms with Crippen molar-refractivity contribution in [1.82, 2.24) is 0 Å². The second-order valence-corrected chi connectivity index (χ2v) is 6.20. The van der Waals surface area contributed by atoms with Gasteiger partial charge in [-0.3, -0.25) is 0 Å². The minimum Gasteiger partial charge on any atom is -0.229 e. The van der Waals surface area contributed by atoms with Crippen LogP contribution >= 0.6 is 0 Å². The zero-order valence-electron chi connectivity index (χ0n) is 7.02. The van der Waals surface area contributed by atoms with Crippen molar-refractivity contribution in [2.24, 2.45) is 0 Å². The minimum atomic E-state index is -3.13. The van der Waals surface area contributed by atoms with Gasteiger partial charge >= 0.3 is 0 Å². The highest BCUT2D eigenvalue weighted by molar-refractivity contribution is 7.97. The van der Waals surface area contributed by atoms with Gasteiger partial charge in [-0.25, -0.2) is 16.8 Å². The molecular weight excluding hydrogens is 200 g/mol. The van der Waals surface area contributed by atoms with Crippen LogP contribution in [-0.4, -0.2) is 29.3 Å². The Balaban J connectivity index is 0. The normalized spacial score (nSPS) is 10.8. The topological polar surface area (TPSA) is 68.3 Å². The van der Waals surface area contributed by atoms with Crippen molar-refractivity contribution in [2.75, 3.05) is 12.5 Å². The SMILES string of the molecule is C=CS(=O)(=O)C=C.CS(C)(=O)=O. The number of rotatable bonds is 2. The third kappa shape index (κ3) is 22.8. The van der Waals surface area contributed by atoms with Crippen LogP contribution in [0.25, 0.3) is 0 Å². The molecule has 12 heavy (non-hydrogen) atoms. The van der Waals surface area contributed by atoms with Crippen molar-refractivity contribution in [2.45, 2.75) is 0 Å². The Morgan fingerprint density at radius 2 is 1.08 bits per heavy atom. The zero-order valence-corrected chi connectivity index (χ0v) is 8.65. The average Bonchev–Trinajstić information content (AvgIpc) is 1.85. The molecule has 0 saturated heterocycles. The van der Waals surface area contributed by atoms with Gasteiger partial charge in [0.15, 0.2) is 9.84 Å². The van der Waals surface area contributed by atoms with E-state index in [9.17, 15) is 16.8 Å². The molecular formula is C6H12O4S2. The van der Waals surface area contributed by atoms with Gasteiger partial charge in [0.1, 0.15) is 9.84 Å². The Morgan fingerprint density at radius 3 is 1.08 bits per heavy atom. The van der Waals surface area contributed by atoms with Crippen LogP contribution in [0.3, 0.4) is 0 Å². The Bertz CT molecular complexity index is 312. The summed E-state index contributed by atoms with van der Waals surface area (Å²) < 4.78 is 39.5. The first-order chi connectivity index (χ1) is 5.12. The Morgan fingerprint density at radius 1 is 0.917 bits per heavy atom. The van der Waals surface area contributed by atoms with E-state index in [-0.39, 0.29) is 0 Å². The third-order valence-corrected chi connectivity index (χ3v) is 1.39. The van der Waals surface area contributed by atoms with Crippen LogP contribution in [0, 0.1) is 0 Å². The van der Waals surface area contributed by atoms with Crippen molar-refractivity contribution in [3.8, 4) is 0 Å². The van der Waals surface area contributed by atoms with E-state index in [2.05, 4.69) is 13.2 Å². The first kappa shape index (κ1) is 13.9. The molecule has 0 aliphatic rings. The summed E-state index contributed by atoms with van der Waals surface area (Å²) in [6, 6.07) is 0. The van der Waals surface area contributed by atoms with Crippen molar-refractivity contribution >= 4 is 19.7 Å². The largest absolute Gasteiger partial charge is 0.229 e. The summed E-state index contributed by atoms with van der Waals surface area (Å²) in [7, 11) is -5.80. The zero-order chi connectivity index (χ0) is 10.4. The van der Waals surface area contributed by atoms with Crippen LogP contribution in [0.1, 0.15) is 0 Å². The van der Waals surface area contributed by atoms with Gasteiger partial charge in [0, 0.05) is 23.3 Å². The molecule has 4 nitrogen and oxygen atoms in total. The molecule has 0 aromatic carbocycles. The lowest BCUT2D eigenvalue weighted by molar-refractivity contribution is 0.607. The summed E-state index contributed by atoms with van der Waals surface area (Å²) in [5.41, 5.74) is 0. The predicted octanol–water partition coefficient (Wildman–Crippen LogP) is 0.349. The molecule has 0 rings (SSSR count).